The van der Waals surface area contributed by atoms with Gasteiger partial charge in [-0.05, 0) is 12.1 Å². The standard InChI is InChI=1S/C10H11NO3/c12-9-6-11(10(13)14-7-9)8-4-2-1-3-5-8/h1-5,9,12H,6-7H2/t9-/m0/s1. The molecule has 1 aliphatic heterocycles. The SMILES string of the molecule is O=C1OC[C@@H](O)CN1c1ccccc1. The van der Waals surface area contributed by atoms with Gasteiger partial charge in [-0.15, -0.1) is 0 Å². The van der Waals surface area contributed by atoms with Crippen molar-refractivity contribution >= 4 is 11.8 Å². The van der Waals surface area contributed by atoms with E-state index in [0.29, 0.717) is 6.54 Å². The van der Waals surface area contributed by atoms with Crippen LogP contribution in [0.1, 0.15) is 0 Å². The van der Waals surface area contributed by atoms with E-state index < -0.39 is 12.2 Å². The number of ether oxygens (including phenoxy) is 1. The van der Waals surface area contributed by atoms with Crippen LogP contribution in [0.2, 0.25) is 0 Å². The molecule has 1 amide bonds. The van der Waals surface area contributed by atoms with Crippen molar-refractivity contribution < 1.29 is 14.6 Å². The van der Waals surface area contributed by atoms with Crippen LogP contribution in [0, 0.1) is 0 Å². The van der Waals surface area contributed by atoms with Crippen LogP contribution in [0.3, 0.4) is 0 Å². The molecule has 2 rings (SSSR count). The summed E-state index contributed by atoms with van der Waals surface area (Å²) in [5.74, 6) is 0. The molecule has 0 bridgehead atoms. The van der Waals surface area contributed by atoms with Crippen molar-refractivity contribution in [2.24, 2.45) is 0 Å². The van der Waals surface area contributed by atoms with E-state index in [2.05, 4.69) is 0 Å². The van der Waals surface area contributed by atoms with Crippen LogP contribution >= 0.6 is 0 Å². The zero-order chi connectivity index (χ0) is 9.97. The molecule has 1 atom stereocenters. The summed E-state index contributed by atoms with van der Waals surface area (Å²) in [6.45, 7) is 0.380. The molecule has 1 fully saturated rings. The molecule has 0 spiro atoms. The van der Waals surface area contributed by atoms with E-state index >= 15 is 0 Å². The van der Waals surface area contributed by atoms with Gasteiger partial charge < -0.3 is 9.84 Å². The van der Waals surface area contributed by atoms with E-state index in [1.165, 1.54) is 4.90 Å². The summed E-state index contributed by atoms with van der Waals surface area (Å²) >= 11 is 0. The minimum absolute atomic E-state index is 0.0855. The van der Waals surface area contributed by atoms with Gasteiger partial charge in [-0.25, -0.2) is 4.79 Å². The molecular formula is C10H11NO3. The Morgan fingerprint density at radius 1 is 1.36 bits per heavy atom. The zero-order valence-electron chi connectivity index (χ0n) is 7.59. The van der Waals surface area contributed by atoms with Crippen LogP contribution in [0.25, 0.3) is 0 Å². The Balaban J connectivity index is 2.20. The number of anilines is 1. The number of cyclic esters (lactones) is 1. The number of nitrogens with zero attached hydrogens (tertiary/aromatic N) is 1. The van der Waals surface area contributed by atoms with Crippen LogP contribution in [0.15, 0.2) is 30.3 Å². The second-order valence-corrected chi connectivity index (χ2v) is 3.18. The van der Waals surface area contributed by atoms with Gasteiger partial charge in [0.15, 0.2) is 0 Å². The summed E-state index contributed by atoms with van der Waals surface area (Å²) in [5.41, 5.74) is 0.747. The minimum Gasteiger partial charge on any atom is -0.446 e. The summed E-state index contributed by atoms with van der Waals surface area (Å²) in [6.07, 6.45) is -1.01. The summed E-state index contributed by atoms with van der Waals surface area (Å²) in [7, 11) is 0. The molecule has 4 nitrogen and oxygen atoms in total. The fourth-order valence-electron chi connectivity index (χ4n) is 1.40. The lowest BCUT2D eigenvalue weighted by Gasteiger charge is -2.29. The fraction of sp³-hybridized carbons (Fsp3) is 0.300. The first-order valence-corrected chi connectivity index (χ1v) is 4.45. The minimum atomic E-state index is -0.604. The molecule has 0 aromatic heterocycles. The van der Waals surface area contributed by atoms with E-state index in [-0.39, 0.29) is 6.61 Å². The molecule has 0 unspecified atom stereocenters. The maximum absolute atomic E-state index is 11.3. The van der Waals surface area contributed by atoms with Gasteiger partial charge in [0.05, 0.1) is 6.54 Å². The Bertz CT molecular complexity index is 325. The molecule has 1 N–H and O–H groups in total. The smallest absolute Gasteiger partial charge is 0.414 e. The van der Waals surface area contributed by atoms with E-state index in [9.17, 15) is 9.90 Å². The van der Waals surface area contributed by atoms with Crippen LogP contribution in [-0.2, 0) is 4.74 Å². The summed E-state index contributed by atoms with van der Waals surface area (Å²) in [5, 5.41) is 9.34. The number of aliphatic hydroxyl groups is 1. The molecule has 4 heteroatoms. The summed E-state index contributed by atoms with van der Waals surface area (Å²) in [4.78, 5) is 12.8. The van der Waals surface area contributed by atoms with E-state index in [4.69, 9.17) is 4.74 Å². The van der Waals surface area contributed by atoms with Crippen molar-refractivity contribution in [1.29, 1.82) is 0 Å². The Morgan fingerprint density at radius 2 is 2.07 bits per heavy atom. The molecule has 0 radical (unpaired) electrons. The van der Waals surface area contributed by atoms with Gasteiger partial charge in [0.2, 0.25) is 0 Å². The van der Waals surface area contributed by atoms with Crippen LogP contribution in [-0.4, -0.2) is 30.5 Å². The second-order valence-electron chi connectivity index (χ2n) is 3.18. The number of benzene rings is 1. The van der Waals surface area contributed by atoms with Crippen LogP contribution in [0.4, 0.5) is 10.5 Å². The highest BCUT2D eigenvalue weighted by Gasteiger charge is 2.26. The van der Waals surface area contributed by atoms with Crippen molar-refractivity contribution in [1.82, 2.24) is 0 Å². The Morgan fingerprint density at radius 3 is 2.79 bits per heavy atom. The molecule has 74 valence electrons. The Labute approximate surface area is 81.7 Å². The molecule has 0 aliphatic carbocycles. The summed E-state index contributed by atoms with van der Waals surface area (Å²) < 4.78 is 4.79. The third-order valence-electron chi connectivity index (χ3n) is 2.08. The molecular weight excluding hydrogens is 182 g/mol. The van der Waals surface area contributed by atoms with Crippen molar-refractivity contribution in [3.05, 3.63) is 30.3 Å². The topological polar surface area (TPSA) is 49.8 Å². The lowest BCUT2D eigenvalue weighted by molar-refractivity contribution is 0.0541. The van der Waals surface area contributed by atoms with Crippen molar-refractivity contribution in [3.63, 3.8) is 0 Å². The lowest BCUT2D eigenvalue weighted by Crippen LogP contribution is -2.45. The van der Waals surface area contributed by atoms with Gasteiger partial charge in [0.1, 0.15) is 12.7 Å². The maximum atomic E-state index is 11.3. The Hall–Kier alpha value is -1.55. The fourth-order valence-corrected chi connectivity index (χ4v) is 1.40. The number of β-amino-alcohol motifs (C(OH)–C–C–N with tert-alkyl or cyclic N) is 1. The van der Waals surface area contributed by atoms with Crippen molar-refractivity contribution in [3.8, 4) is 0 Å². The third-order valence-corrected chi connectivity index (χ3v) is 2.08. The van der Waals surface area contributed by atoms with Crippen molar-refractivity contribution in [2.45, 2.75) is 6.10 Å². The largest absolute Gasteiger partial charge is 0.446 e. The molecule has 1 aromatic carbocycles. The first-order valence-electron chi connectivity index (χ1n) is 4.45. The maximum Gasteiger partial charge on any atom is 0.414 e. The monoisotopic (exact) mass is 193 g/mol. The zero-order valence-corrected chi connectivity index (χ0v) is 7.59. The van der Waals surface area contributed by atoms with Gasteiger partial charge in [-0.2, -0.15) is 0 Å². The normalized spacial score (nSPS) is 21.9. The van der Waals surface area contributed by atoms with Crippen LogP contribution in [0.5, 0.6) is 0 Å². The number of carbonyl (C=O) groups is 1. The molecule has 1 aromatic rings. The first-order chi connectivity index (χ1) is 6.77. The number of amides is 1. The first kappa shape index (κ1) is 9.02. The van der Waals surface area contributed by atoms with Gasteiger partial charge >= 0.3 is 6.09 Å². The summed E-state index contributed by atoms with van der Waals surface area (Å²) in [6, 6.07) is 9.15. The van der Waals surface area contributed by atoms with E-state index in [1.807, 2.05) is 18.2 Å². The molecule has 1 aliphatic rings. The molecule has 14 heavy (non-hydrogen) atoms. The van der Waals surface area contributed by atoms with E-state index in [1.54, 1.807) is 12.1 Å². The van der Waals surface area contributed by atoms with E-state index in [0.717, 1.165) is 5.69 Å². The molecule has 0 saturated carbocycles. The van der Waals surface area contributed by atoms with Gasteiger partial charge in [0.25, 0.3) is 0 Å². The number of rotatable bonds is 1. The highest BCUT2D eigenvalue weighted by molar-refractivity contribution is 5.88. The average Bonchev–Trinajstić information content (AvgIpc) is 2.23. The van der Waals surface area contributed by atoms with Gasteiger partial charge in [0, 0.05) is 5.69 Å². The Kier molecular flexibility index (Phi) is 2.37. The average molecular weight is 193 g/mol. The highest BCUT2D eigenvalue weighted by Crippen LogP contribution is 2.17. The second kappa shape index (κ2) is 3.67. The third kappa shape index (κ3) is 1.70. The number of hydrogen-bond acceptors (Lipinski definition) is 3. The van der Waals surface area contributed by atoms with Crippen molar-refractivity contribution in [2.75, 3.05) is 18.1 Å². The van der Waals surface area contributed by atoms with Gasteiger partial charge in [-0.3, -0.25) is 4.90 Å². The number of aliphatic hydroxyl groups excluding tert-OH is 1. The molecule has 1 heterocycles. The quantitative estimate of drug-likeness (QED) is 0.724. The highest BCUT2D eigenvalue weighted by atomic mass is 16.6. The predicted octanol–water partition coefficient (Wildman–Crippen LogP) is 1.00. The number of hydrogen-bond donors (Lipinski definition) is 1. The lowest BCUT2D eigenvalue weighted by atomic mass is 10.2. The number of para-hydroxylation sites is 1. The van der Waals surface area contributed by atoms with Crippen LogP contribution < -0.4 is 4.90 Å². The molecule has 1 saturated heterocycles. The van der Waals surface area contributed by atoms with Gasteiger partial charge in [-0.1, -0.05) is 18.2 Å². The number of carbonyl (C=O) groups excluding carboxylic acids is 1. The predicted molar refractivity (Wildman–Crippen MR) is 51.1 cm³/mol.